The van der Waals surface area contributed by atoms with Crippen LogP contribution in [0.5, 0.6) is 0 Å². The van der Waals surface area contributed by atoms with Gasteiger partial charge >= 0.3 is 0 Å². The largest absolute Gasteiger partial charge is 0.381 e. The van der Waals surface area contributed by atoms with E-state index in [0.29, 0.717) is 6.10 Å². The average molecular weight is 332 g/mol. The Balaban J connectivity index is 2.20. The number of methoxy groups -OCH3 is 1. The van der Waals surface area contributed by atoms with Crippen molar-refractivity contribution in [3.63, 3.8) is 0 Å². The molecule has 126 valence electrons. The van der Waals surface area contributed by atoms with Crippen molar-refractivity contribution in [1.82, 2.24) is 4.98 Å². The Hall–Kier alpha value is -1.45. The van der Waals surface area contributed by atoms with Crippen LogP contribution < -0.4 is 0 Å². The second kappa shape index (κ2) is 12.0. The molecule has 3 heteroatoms. The lowest BCUT2D eigenvalue weighted by molar-refractivity contribution is 0.0981. The molecule has 0 saturated heterocycles. The number of hydrogen-bond donors (Lipinski definition) is 0. The summed E-state index contributed by atoms with van der Waals surface area (Å²) in [5.41, 5.74) is 2.46. The highest BCUT2D eigenvalue weighted by atomic mass is 32.1. The molecular weight excluding hydrogens is 302 g/mol. The first-order chi connectivity index (χ1) is 11.2. The van der Waals surface area contributed by atoms with Gasteiger partial charge in [0.2, 0.25) is 0 Å². The van der Waals surface area contributed by atoms with E-state index >= 15 is 0 Å². The average Bonchev–Trinajstić information content (AvgIpc) is 2.95. The van der Waals surface area contributed by atoms with Gasteiger partial charge in [-0.25, -0.2) is 4.98 Å². The highest BCUT2D eigenvalue weighted by Crippen LogP contribution is 2.12. The lowest BCUT2D eigenvalue weighted by Crippen LogP contribution is -2.08. The molecule has 1 aromatic rings. The summed E-state index contributed by atoms with van der Waals surface area (Å²) in [6.45, 7) is 7.98. The number of hydrogen-bond acceptors (Lipinski definition) is 3. The van der Waals surface area contributed by atoms with E-state index in [9.17, 15) is 0 Å². The van der Waals surface area contributed by atoms with Gasteiger partial charge in [0.25, 0.3) is 0 Å². The summed E-state index contributed by atoms with van der Waals surface area (Å²) < 4.78 is 5.42. The molecular formula is C20H29NOS. The van der Waals surface area contributed by atoms with E-state index in [4.69, 9.17) is 4.74 Å². The third kappa shape index (κ3) is 9.32. The van der Waals surface area contributed by atoms with Gasteiger partial charge in [0.15, 0.2) is 0 Å². The molecule has 0 radical (unpaired) electrons. The Morgan fingerprint density at radius 2 is 2.17 bits per heavy atom. The summed E-state index contributed by atoms with van der Waals surface area (Å²) in [5.74, 6) is 0. The van der Waals surface area contributed by atoms with Crippen LogP contribution >= 0.6 is 11.3 Å². The van der Waals surface area contributed by atoms with Crippen molar-refractivity contribution in [3.8, 4) is 0 Å². The Bertz CT molecular complexity index is 540. The minimum atomic E-state index is 0.291. The van der Waals surface area contributed by atoms with Crippen LogP contribution in [0.25, 0.3) is 6.08 Å². The van der Waals surface area contributed by atoms with Gasteiger partial charge in [-0.15, -0.1) is 17.9 Å². The third-order valence-corrected chi connectivity index (χ3v) is 4.36. The Kier molecular flexibility index (Phi) is 10.3. The van der Waals surface area contributed by atoms with Gasteiger partial charge in [-0.1, -0.05) is 36.0 Å². The molecule has 1 aromatic heterocycles. The molecule has 0 aliphatic rings. The van der Waals surface area contributed by atoms with Gasteiger partial charge in [-0.3, -0.25) is 0 Å². The van der Waals surface area contributed by atoms with Crippen LogP contribution in [0.3, 0.4) is 0 Å². The highest BCUT2D eigenvalue weighted by Gasteiger charge is 2.04. The number of aryl methyl sites for hydroxylation is 1. The van der Waals surface area contributed by atoms with Gasteiger partial charge in [0, 0.05) is 12.5 Å². The maximum atomic E-state index is 5.42. The number of aromatic nitrogens is 1. The topological polar surface area (TPSA) is 22.1 Å². The summed E-state index contributed by atoms with van der Waals surface area (Å²) >= 11 is 1.69. The molecule has 0 fully saturated rings. The minimum absolute atomic E-state index is 0.291. The van der Waals surface area contributed by atoms with Gasteiger partial charge in [0.1, 0.15) is 0 Å². The molecule has 1 heterocycles. The molecule has 2 nitrogen and oxygen atoms in total. The first-order valence-electron chi connectivity index (χ1n) is 8.20. The van der Waals surface area contributed by atoms with E-state index in [0.717, 1.165) is 42.8 Å². The third-order valence-electron chi connectivity index (χ3n) is 3.57. The zero-order valence-electron chi connectivity index (χ0n) is 14.6. The number of unbranched alkanes of at least 4 members (excludes halogenated alkanes) is 1. The van der Waals surface area contributed by atoms with Crippen molar-refractivity contribution in [3.05, 3.63) is 58.6 Å². The summed E-state index contributed by atoms with van der Waals surface area (Å²) in [6, 6.07) is 0. The van der Waals surface area contributed by atoms with E-state index in [1.807, 2.05) is 13.0 Å². The zero-order valence-corrected chi connectivity index (χ0v) is 15.4. The maximum Gasteiger partial charge on any atom is 0.0901 e. The van der Waals surface area contributed by atoms with Crippen molar-refractivity contribution in [2.45, 2.75) is 52.1 Å². The first kappa shape index (κ1) is 19.6. The fourth-order valence-corrected chi connectivity index (χ4v) is 2.75. The van der Waals surface area contributed by atoms with Crippen LogP contribution in [0, 0.1) is 6.92 Å². The quantitative estimate of drug-likeness (QED) is 0.277. The molecule has 0 amide bonds. The van der Waals surface area contributed by atoms with Gasteiger partial charge < -0.3 is 4.74 Å². The number of nitrogens with zero attached hydrogens (tertiary/aromatic N) is 1. The summed E-state index contributed by atoms with van der Waals surface area (Å²) in [4.78, 5) is 4.41. The van der Waals surface area contributed by atoms with Gasteiger partial charge in [-0.2, -0.15) is 0 Å². The fourth-order valence-electron chi connectivity index (χ4n) is 2.17. The smallest absolute Gasteiger partial charge is 0.0901 e. The molecule has 0 bridgehead atoms. The van der Waals surface area contributed by atoms with Crippen molar-refractivity contribution in [2.24, 2.45) is 0 Å². The van der Waals surface area contributed by atoms with Crippen molar-refractivity contribution < 1.29 is 4.74 Å². The molecule has 23 heavy (non-hydrogen) atoms. The summed E-state index contributed by atoms with van der Waals surface area (Å²) in [5, 5.41) is 3.21. The monoisotopic (exact) mass is 331 g/mol. The molecule has 1 unspecified atom stereocenters. The molecule has 0 aromatic carbocycles. The second-order valence-corrected chi connectivity index (χ2v) is 6.70. The highest BCUT2D eigenvalue weighted by molar-refractivity contribution is 7.09. The van der Waals surface area contributed by atoms with Crippen LogP contribution in [-0.4, -0.2) is 18.2 Å². The number of thiazole rings is 1. The van der Waals surface area contributed by atoms with E-state index in [-0.39, 0.29) is 0 Å². The van der Waals surface area contributed by atoms with Crippen molar-refractivity contribution in [2.75, 3.05) is 7.11 Å². The second-order valence-electron chi connectivity index (χ2n) is 5.63. The fraction of sp³-hybridized carbons (Fsp3) is 0.450. The SMILES string of the molecule is C=CCC(CC/C(C)=C\C=C\CC/C=C\c1csc(C)n1)OC. The summed E-state index contributed by atoms with van der Waals surface area (Å²) in [7, 11) is 1.77. The molecule has 1 rings (SSSR count). The zero-order chi connectivity index (χ0) is 16.9. The minimum Gasteiger partial charge on any atom is -0.381 e. The molecule has 0 aliphatic carbocycles. The molecule has 1 atom stereocenters. The van der Waals surface area contributed by atoms with Crippen LogP contribution in [0.15, 0.2) is 47.9 Å². The van der Waals surface area contributed by atoms with E-state index < -0.39 is 0 Å². The molecule has 0 spiro atoms. The Morgan fingerprint density at radius 1 is 1.39 bits per heavy atom. The Morgan fingerprint density at radius 3 is 2.83 bits per heavy atom. The first-order valence-corrected chi connectivity index (χ1v) is 9.08. The number of ether oxygens (including phenoxy) is 1. The lowest BCUT2D eigenvalue weighted by Gasteiger charge is -2.12. The van der Waals surface area contributed by atoms with Crippen LogP contribution in [-0.2, 0) is 4.74 Å². The van der Waals surface area contributed by atoms with Gasteiger partial charge in [0.05, 0.1) is 16.8 Å². The molecule has 0 aliphatic heterocycles. The van der Waals surface area contributed by atoms with E-state index in [1.54, 1.807) is 18.4 Å². The van der Waals surface area contributed by atoms with Crippen molar-refractivity contribution in [1.29, 1.82) is 0 Å². The lowest BCUT2D eigenvalue weighted by atomic mass is 10.1. The van der Waals surface area contributed by atoms with Crippen molar-refractivity contribution >= 4 is 17.4 Å². The van der Waals surface area contributed by atoms with E-state index in [1.165, 1.54) is 5.57 Å². The molecule has 0 N–H and O–H groups in total. The predicted molar refractivity (Wildman–Crippen MR) is 103 cm³/mol. The van der Waals surface area contributed by atoms with Crippen LogP contribution in [0.1, 0.15) is 49.7 Å². The number of allylic oxidation sites excluding steroid dienone is 5. The Labute approximate surface area is 145 Å². The number of rotatable bonds is 11. The summed E-state index contributed by atoms with van der Waals surface area (Å²) in [6.07, 6.45) is 18.2. The molecule has 0 saturated carbocycles. The van der Waals surface area contributed by atoms with Crippen LogP contribution in [0.2, 0.25) is 0 Å². The van der Waals surface area contributed by atoms with E-state index in [2.05, 4.69) is 54.2 Å². The standard InChI is InChI=1S/C20H29NOS/c1-5-11-20(22-4)15-14-17(2)12-9-7-6-8-10-13-19-16-23-18(3)21-19/h5,7,9-10,12-13,16,20H,1,6,8,11,14-15H2,2-4H3/b9-7+,13-10-,17-12-. The normalized spacial score (nSPS) is 14.0. The van der Waals surface area contributed by atoms with Gasteiger partial charge in [-0.05, 0) is 52.0 Å². The maximum absolute atomic E-state index is 5.42. The predicted octanol–water partition coefficient (Wildman–Crippen LogP) is 6.12. The van der Waals surface area contributed by atoms with Crippen LogP contribution in [0.4, 0.5) is 0 Å².